The van der Waals surface area contributed by atoms with Gasteiger partial charge in [0.15, 0.2) is 0 Å². The van der Waals surface area contributed by atoms with Crippen LogP contribution < -0.4 is 10.2 Å². The number of halogens is 3. The summed E-state index contributed by atoms with van der Waals surface area (Å²) in [6, 6.07) is 0.805. The number of aryl methyl sites for hydroxylation is 1. The highest BCUT2D eigenvalue weighted by Gasteiger charge is 2.33. The van der Waals surface area contributed by atoms with E-state index in [2.05, 4.69) is 20.4 Å². The zero-order chi connectivity index (χ0) is 18.0. The quantitative estimate of drug-likeness (QED) is 0.907. The van der Waals surface area contributed by atoms with Gasteiger partial charge in [0.25, 0.3) is 5.91 Å². The van der Waals surface area contributed by atoms with Crippen LogP contribution in [0.4, 0.5) is 19.1 Å². The lowest BCUT2D eigenvalue weighted by atomic mass is 10.0. The molecule has 3 rings (SSSR count). The first-order chi connectivity index (χ1) is 11.8. The molecule has 1 fully saturated rings. The maximum absolute atomic E-state index is 12.7. The predicted octanol–water partition coefficient (Wildman–Crippen LogP) is 1.63. The van der Waals surface area contributed by atoms with Gasteiger partial charge in [-0.05, 0) is 18.9 Å². The van der Waals surface area contributed by atoms with Crippen LogP contribution in [-0.2, 0) is 13.2 Å². The Bertz CT molecular complexity index is 752. The van der Waals surface area contributed by atoms with E-state index in [1.165, 1.54) is 6.20 Å². The van der Waals surface area contributed by atoms with Crippen molar-refractivity contribution in [3.8, 4) is 0 Å². The van der Waals surface area contributed by atoms with E-state index in [0.29, 0.717) is 31.5 Å². The second-order valence-electron chi connectivity index (χ2n) is 5.88. The summed E-state index contributed by atoms with van der Waals surface area (Å²) in [5.74, 6) is -0.145. The van der Waals surface area contributed by atoms with Crippen molar-refractivity contribution in [2.45, 2.75) is 25.1 Å². The highest BCUT2D eigenvalue weighted by atomic mass is 19.4. The predicted molar refractivity (Wildman–Crippen MR) is 82.9 cm³/mol. The molecule has 10 heteroatoms. The number of nitrogens with zero attached hydrogens (tertiary/aromatic N) is 5. The van der Waals surface area contributed by atoms with Gasteiger partial charge in [-0.1, -0.05) is 0 Å². The molecule has 0 unspecified atom stereocenters. The lowest BCUT2D eigenvalue weighted by molar-refractivity contribution is -0.141. The van der Waals surface area contributed by atoms with E-state index in [4.69, 9.17) is 0 Å². The summed E-state index contributed by atoms with van der Waals surface area (Å²) in [6.07, 6.45) is 0.939. The number of alkyl halides is 3. The fourth-order valence-electron chi connectivity index (χ4n) is 2.69. The first-order valence-corrected chi connectivity index (χ1v) is 7.77. The summed E-state index contributed by atoms with van der Waals surface area (Å²) in [5.41, 5.74) is -0.476. The van der Waals surface area contributed by atoms with Gasteiger partial charge in [-0.2, -0.15) is 18.3 Å². The number of carbonyl (C=O) groups is 1. The van der Waals surface area contributed by atoms with Gasteiger partial charge in [-0.25, -0.2) is 9.97 Å². The van der Waals surface area contributed by atoms with E-state index in [1.807, 2.05) is 0 Å². The van der Waals surface area contributed by atoms with E-state index >= 15 is 0 Å². The van der Waals surface area contributed by atoms with Crippen LogP contribution in [-0.4, -0.2) is 44.8 Å². The van der Waals surface area contributed by atoms with Gasteiger partial charge in [-0.3, -0.25) is 9.48 Å². The van der Waals surface area contributed by atoms with E-state index < -0.39 is 11.9 Å². The molecule has 1 saturated heterocycles. The summed E-state index contributed by atoms with van der Waals surface area (Å²) in [6.45, 7) is 0.943. The van der Waals surface area contributed by atoms with E-state index in [0.717, 1.165) is 12.3 Å². The average Bonchev–Trinajstić information content (AvgIpc) is 3.01. The van der Waals surface area contributed by atoms with Gasteiger partial charge >= 0.3 is 6.18 Å². The van der Waals surface area contributed by atoms with Gasteiger partial charge in [0.05, 0.1) is 11.8 Å². The number of rotatable bonds is 3. The molecule has 3 heterocycles. The SMILES string of the molecule is Cn1cc(C(=O)NC2CCN(c3nccc(C(F)(F)F)n3)CC2)cn1. The molecule has 1 aliphatic rings. The summed E-state index contributed by atoms with van der Waals surface area (Å²) in [5, 5.41) is 6.87. The first kappa shape index (κ1) is 17.2. The molecule has 1 amide bonds. The monoisotopic (exact) mass is 354 g/mol. The van der Waals surface area contributed by atoms with Crippen molar-refractivity contribution in [3.63, 3.8) is 0 Å². The van der Waals surface area contributed by atoms with Crippen molar-refractivity contribution >= 4 is 11.9 Å². The molecule has 7 nitrogen and oxygen atoms in total. The second kappa shape index (κ2) is 6.69. The van der Waals surface area contributed by atoms with Gasteiger partial charge in [0.2, 0.25) is 5.95 Å². The molecule has 0 bridgehead atoms. The number of piperidine rings is 1. The summed E-state index contributed by atoms with van der Waals surface area (Å²) in [7, 11) is 1.73. The van der Waals surface area contributed by atoms with Crippen molar-refractivity contribution in [1.82, 2.24) is 25.1 Å². The van der Waals surface area contributed by atoms with Crippen molar-refractivity contribution in [1.29, 1.82) is 0 Å². The van der Waals surface area contributed by atoms with Gasteiger partial charge in [-0.15, -0.1) is 0 Å². The molecular weight excluding hydrogens is 337 g/mol. The summed E-state index contributed by atoms with van der Waals surface area (Å²) in [4.78, 5) is 21.3. The Kier molecular flexibility index (Phi) is 4.60. The van der Waals surface area contributed by atoms with Crippen LogP contribution in [0, 0.1) is 0 Å². The second-order valence-corrected chi connectivity index (χ2v) is 5.88. The normalized spacial score (nSPS) is 16.1. The number of nitrogens with one attached hydrogen (secondary N) is 1. The fraction of sp³-hybridized carbons (Fsp3) is 0.467. The zero-order valence-corrected chi connectivity index (χ0v) is 13.5. The van der Waals surface area contributed by atoms with Crippen molar-refractivity contribution in [2.24, 2.45) is 7.05 Å². The van der Waals surface area contributed by atoms with E-state index in [9.17, 15) is 18.0 Å². The Morgan fingerprint density at radius 1 is 1.32 bits per heavy atom. The van der Waals surface area contributed by atoms with E-state index in [1.54, 1.807) is 22.8 Å². The average molecular weight is 354 g/mol. The van der Waals surface area contributed by atoms with Crippen molar-refractivity contribution < 1.29 is 18.0 Å². The molecule has 1 N–H and O–H groups in total. The molecule has 0 spiro atoms. The zero-order valence-electron chi connectivity index (χ0n) is 13.5. The third-order valence-corrected chi connectivity index (χ3v) is 4.01. The largest absolute Gasteiger partial charge is 0.433 e. The van der Waals surface area contributed by atoms with Crippen LogP contribution in [0.3, 0.4) is 0 Å². The van der Waals surface area contributed by atoms with E-state index in [-0.39, 0.29) is 17.9 Å². The number of hydrogen-bond donors (Lipinski definition) is 1. The van der Waals surface area contributed by atoms with Crippen LogP contribution in [0.15, 0.2) is 24.7 Å². The highest BCUT2D eigenvalue weighted by Crippen LogP contribution is 2.28. The molecule has 0 aliphatic carbocycles. The van der Waals surface area contributed by atoms with Crippen molar-refractivity contribution in [3.05, 3.63) is 35.9 Å². The lowest BCUT2D eigenvalue weighted by Gasteiger charge is -2.32. The summed E-state index contributed by atoms with van der Waals surface area (Å²) < 4.78 is 39.8. The number of aromatic nitrogens is 4. The highest BCUT2D eigenvalue weighted by molar-refractivity contribution is 5.93. The first-order valence-electron chi connectivity index (χ1n) is 7.77. The number of hydrogen-bond acceptors (Lipinski definition) is 5. The number of carbonyl (C=O) groups excluding carboxylic acids is 1. The Morgan fingerprint density at radius 3 is 2.64 bits per heavy atom. The molecule has 2 aromatic rings. The van der Waals surface area contributed by atoms with Crippen LogP contribution >= 0.6 is 0 Å². The maximum Gasteiger partial charge on any atom is 0.433 e. The number of anilines is 1. The Hall–Kier alpha value is -2.65. The molecule has 1 aliphatic heterocycles. The standard InChI is InChI=1S/C15H17F3N6O/c1-23-9-10(8-20-23)13(25)21-11-3-6-24(7-4-11)14-19-5-2-12(22-14)15(16,17)18/h2,5,8-9,11H,3-4,6-7H2,1H3,(H,21,25). The number of amides is 1. The molecule has 2 aromatic heterocycles. The third kappa shape index (κ3) is 4.06. The molecule has 25 heavy (non-hydrogen) atoms. The minimum absolute atomic E-state index is 0.0465. The third-order valence-electron chi connectivity index (χ3n) is 4.01. The minimum Gasteiger partial charge on any atom is -0.349 e. The molecule has 0 aromatic carbocycles. The molecule has 0 saturated carbocycles. The fourth-order valence-corrected chi connectivity index (χ4v) is 2.69. The lowest BCUT2D eigenvalue weighted by Crippen LogP contribution is -2.45. The topological polar surface area (TPSA) is 75.9 Å². The van der Waals surface area contributed by atoms with Crippen LogP contribution in [0.2, 0.25) is 0 Å². The smallest absolute Gasteiger partial charge is 0.349 e. The van der Waals surface area contributed by atoms with Crippen LogP contribution in [0.25, 0.3) is 0 Å². The summed E-state index contributed by atoms with van der Waals surface area (Å²) >= 11 is 0. The molecule has 134 valence electrons. The Morgan fingerprint density at radius 2 is 2.04 bits per heavy atom. The van der Waals surface area contributed by atoms with Crippen LogP contribution in [0.1, 0.15) is 28.9 Å². The minimum atomic E-state index is -4.49. The molecule has 0 atom stereocenters. The maximum atomic E-state index is 12.7. The Labute approximate surface area is 141 Å². The Balaban J connectivity index is 1.58. The van der Waals surface area contributed by atoms with Crippen LogP contribution in [0.5, 0.6) is 0 Å². The molecular formula is C15H17F3N6O. The van der Waals surface area contributed by atoms with Crippen molar-refractivity contribution in [2.75, 3.05) is 18.0 Å². The van der Waals surface area contributed by atoms with Gasteiger partial charge in [0, 0.05) is 38.6 Å². The van der Waals surface area contributed by atoms with Gasteiger partial charge < -0.3 is 10.2 Å². The van der Waals surface area contributed by atoms with Gasteiger partial charge in [0.1, 0.15) is 5.69 Å². The molecule has 0 radical (unpaired) electrons.